The molecule has 2 aromatic rings. The molecule has 2 rings (SSSR count). The number of halogens is 1. The Hall–Kier alpha value is -1.13. The fourth-order valence-corrected chi connectivity index (χ4v) is 1.01. The average molecular weight is 185 g/mol. The van der Waals surface area contributed by atoms with E-state index < -0.39 is 0 Å². The lowest BCUT2D eigenvalue weighted by molar-refractivity contribution is 0.959. The highest BCUT2D eigenvalue weighted by Gasteiger charge is 1.96. The van der Waals surface area contributed by atoms with Crippen LogP contribution in [0, 0.1) is 0 Å². The van der Waals surface area contributed by atoms with Crippen LogP contribution in [-0.4, -0.2) is 15.4 Å². The molecule has 1 aromatic carbocycles. The minimum atomic E-state index is 0. The number of nitrogens with one attached hydrogen (secondary N) is 1. The second-order valence-electron chi connectivity index (χ2n) is 2.35. The number of hydrogen-bond acceptors (Lipinski definition) is 3. The molecule has 0 saturated heterocycles. The van der Waals surface area contributed by atoms with Gasteiger partial charge in [-0.1, -0.05) is 6.07 Å². The summed E-state index contributed by atoms with van der Waals surface area (Å²) in [5, 5.41) is 10.4. The van der Waals surface area contributed by atoms with Crippen LogP contribution in [0.5, 0.6) is 0 Å². The minimum Gasteiger partial charge on any atom is -0.326 e. The molecule has 0 atom stereocenters. The van der Waals surface area contributed by atoms with Crippen molar-refractivity contribution < 1.29 is 0 Å². The molecule has 12 heavy (non-hydrogen) atoms. The molecular formula is C7H9ClN4. The van der Waals surface area contributed by atoms with E-state index in [1.54, 1.807) is 0 Å². The number of hydrogen-bond donors (Lipinski definition) is 2. The Bertz CT molecular complexity index is 370. The molecule has 64 valence electrons. The van der Waals surface area contributed by atoms with Crippen molar-refractivity contribution in [3.05, 3.63) is 23.8 Å². The predicted molar refractivity (Wildman–Crippen MR) is 49.0 cm³/mol. The SMILES string of the molecule is Cl.NCc1ccc2n[nH]nc2c1. The molecule has 0 aliphatic rings. The number of nitrogens with two attached hydrogens (primary N) is 1. The topological polar surface area (TPSA) is 67.6 Å². The molecule has 1 heterocycles. The van der Waals surface area contributed by atoms with Gasteiger partial charge in [-0.2, -0.15) is 15.4 Å². The number of aromatic amines is 1. The summed E-state index contributed by atoms with van der Waals surface area (Å²) >= 11 is 0. The van der Waals surface area contributed by atoms with Crippen LogP contribution >= 0.6 is 12.4 Å². The van der Waals surface area contributed by atoms with E-state index >= 15 is 0 Å². The summed E-state index contributed by atoms with van der Waals surface area (Å²) in [6.45, 7) is 0.544. The molecule has 0 saturated carbocycles. The van der Waals surface area contributed by atoms with E-state index in [0.717, 1.165) is 16.6 Å². The first kappa shape index (κ1) is 8.96. The number of fused-ring (bicyclic) bond motifs is 1. The van der Waals surface area contributed by atoms with Crippen LogP contribution < -0.4 is 5.73 Å². The van der Waals surface area contributed by atoms with E-state index in [4.69, 9.17) is 5.73 Å². The van der Waals surface area contributed by atoms with Gasteiger partial charge >= 0.3 is 0 Å². The quantitative estimate of drug-likeness (QED) is 0.690. The Morgan fingerprint density at radius 3 is 2.75 bits per heavy atom. The van der Waals surface area contributed by atoms with E-state index in [9.17, 15) is 0 Å². The average Bonchev–Trinajstić information content (AvgIpc) is 2.50. The molecule has 0 amide bonds. The van der Waals surface area contributed by atoms with Crippen molar-refractivity contribution in [2.24, 2.45) is 5.73 Å². The van der Waals surface area contributed by atoms with Crippen molar-refractivity contribution >= 4 is 23.4 Å². The molecule has 0 fully saturated rings. The fourth-order valence-electron chi connectivity index (χ4n) is 1.01. The predicted octanol–water partition coefficient (Wildman–Crippen LogP) is 0.838. The monoisotopic (exact) mass is 184 g/mol. The summed E-state index contributed by atoms with van der Waals surface area (Å²) in [5.74, 6) is 0. The zero-order valence-electron chi connectivity index (χ0n) is 6.32. The van der Waals surface area contributed by atoms with E-state index in [1.807, 2.05) is 18.2 Å². The second kappa shape index (κ2) is 3.51. The Morgan fingerprint density at radius 2 is 2.00 bits per heavy atom. The number of H-pyrrole nitrogens is 1. The standard InChI is InChI=1S/C7H8N4.ClH/c8-4-5-1-2-6-7(3-5)10-11-9-6;/h1-3H,4,8H2,(H,9,10,11);1H. The maximum Gasteiger partial charge on any atom is 0.113 e. The highest BCUT2D eigenvalue weighted by molar-refractivity contribution is 5.85. The molecule has 0 aliphatic carbocycles. The Kier molecular flexibility index (Phi) is 2.62. The maximum absolute atomic E-state index is 5.45. The molecule has 1 aromatic heterocycles. The Morgan fingerprint density at radius 1 is 1.25 bits per heavy atom. The highest BCUT2D eigenvalue weighted by Crippen LogP contribution is 2.09. The number of rotatable bonds is 1. The van der Waals surface area contributed by atoms with Gasteiger partial charge in [-0.3, -0.25) is 0 Å². The van der Waals surface area contributed by atoms with Gasteiger partial charge in [0.05, 0.1) is 0 Å². The van der Waals surface area contributed by atoms with Gasteiger partial charge in [0.25, 0.3) is 0 Å². The molecule has 0 spiro atoms. The zero-order chi connectivity index (χ0) is 7.68. The van der Waals surface area contributed by atoms with Gasteiger partial charge in [0.2, 0.25) is 0 Å². The largest absolute Gasteiger partial charge is 0.326 e. The molecule has 0 radical (unpaired) electrons. The van der Waals surface area contributed by atoms with Gasteiger partial charge in [0, 0.05) is 6.54 Å². The zero-order valence-corrected chi connectivity index (χ0v) is 7.14. The molecule has 0 aliphatic heterocycles. The van der Waals surface area contributed by atoms with Crippen LogP contribution in [0.3, 0.4) is 0 Å². The van der Waals surface area contributed by atoms with Gasteiger partial charge in [0.15, 0.2) is 0 Å². The van der Waals surface area contributed by atoms with Gasteiger partial charge in [-0.15, -0.1) is 12.4 Å². The summed E-state index contributed by atoms with van der Waals surface area (Å²) in [7, 11) is 0. The van der Waals surface area contributed by atoms with Gasteiger partial charge in [0.1, 0.15) is 11.0 Å². The smallest absolute Gasteiger partial charge is 0.113 e. The van der Waals surface area contributed by atoms with E-state index in [-0.39, 0.29) is 12.4 Å². The van der Waals surface area contributed by atoms with Crippen LogP contribution in [0.25, 0.3) is 11.0 Å². The molecule has 3 N–H and O–H groups in total. The first-order chi connectivity index (χ1) is 5.40. The lowest BCUT2D eigenvalue weighted by Crippen LogP contribution is -1.95. The summed E-state index contributed by atoms with van der Waals surface area (Å²) in [6.07, 6.45) is 0. The maximum atomic E-state index is 5.45. The lowest BCUT2D eigenvalue weighted by Gasteiger charge is -1.92. The third kappa shape index (κ3) is 1.39. The van der Waals surface area contributed by atoms with E-state index in [0.29, 0.717) is 6.54 Å². The fraction of sp³-hybridized carbons (Fsp3) is 0.143. The van der Waals surface area contributed by atoms with Crippen molar-refractivity contribution in [1.82, 2.24) is 15.4 Å². The normalized spacial score (nSPS) is 9.75. The van der Waals surface area contributed by atoms with Crippen molar-refractivity contribution in [1.29, 1.82) is 0 Å². The molecule has 0 unspecified atom stereocenters. The van der Waals surface area contributed by atoms with Crippen LogP contribution in [0.4, 0.5) is 0 Å². The second-order valence-corrected chi connectivity index (χ2v) is 2.35. The van der Waals surface area contributed by atoms with Crippen molar-refractivity contribution in [2.75, 3.05) is 0 Å². The summed E-state index contributed by atoms with van der Waals surface area (Å²) in [5.41, 5.74) is 8.27. The Balaban J connectivity index is 0.000000720. The van der Waals surface area contributed by atoms with Crippen LogP contribution in [0.2, 0.25) is 0 Å². The van der Waals surface area contributed by atoms with E-state index in [1.165, 1.54) is 0 Å². The highest BCUT2D eigenvalue weighted by atomic mass is 35.5. The van der Waals surface area contributed by atoms with Crippen molar-refractivity contribution in [2.45, 2.75) is 6.54 Å². The van der Waals surface area contributed by atoms with Gasteiger partial charge in [-0.05, 0) is 17.7 Å². The first-order valence-corrected chi connectivity index (χ1v) is 3.39. The summed E-state index contributed by atoms with van der Waals surface area (Å²) < 4.78 is 0. The first-order valence-electron chi connectivity index (χ1n) is 3.39. The third-order valence-corrected chi connectivity index (χ3v) is 1.62. The molecular weight excluding hydrogens is 176 g/mol. The van der Waals surface area contributed by atoms with E-state index in [2.05, 4.69) is 15.4 Å². The number of aromatic nitrogens is 3. The lowest BCUT2D eigenvalue weighted by atomic mass is 10.2. The Labute approximate surface area is 75.6 Å². The van der Waals surface area contributed by atoms with Gasteiger partial charge < -0.3 is 5.73 Å². The van der Waals surface area contributed by atoms with Crippen LogP contribution in [-0.2, 0) is 6.54 Å². The molecule has 4 nitrogen and oxygen atoms in total. The number of nitrogens with zero attached hydrogens (tertiary/aromatic N) is 2. The minimum absolute atomic E-state index is 0. The third-order valence-electron chi connectivity index (χ3n) is 1.62. The summed E-state index contributed by atoms with van der Waals surface area (Å²) in [4.78, 5) is 0. The van der Waals surface area contributed by atoms with Crippen LogP contribution in [0.1, 0.15) is 5.56 Å². The molecule has 5 heteroatoms. The number of benzene rings is 1. The molecule has 0 bridgehead atoms. The van der Waals surface area contributed by atoms with Crippen molar-refractivity contribution in [3.8, 4) is 0 Å². The summed E-state index contributed by atoms with van der Waals surface area (Å²) in [6, 6.07) is 5.78. The van der Waals surface area contributed by atoms with Crippen LogP contribution in [0.15, 0.2) is 18.2 Å². The van der Waals surface area contributed by atoms with Gasteiger partial charge in [-0.25, -0.2) is 0 Å². The van der Waals surface area contributed by atoms with Crippen molar-refractivity contribution in [3.63, 3.8) is 0 Å².